The van der Waals surface area contributed by atoms with Gasteiger partial charge in [-0.2, -0.15) is 0 Å². The van der Waals surface area contributed by atoms with Crippen LogP contribution in [0, 0.1) is 0 Å². The van der Waals surface area contributed by atoms with E-state index in [1.54, 1.807) is 0 Å². The van der Waals surface area contributed by atoms with Crippen molar-refractivity contribution < 1.29 is 80.2 Å². The Morgan fingerprint density at radius 3 is 0.567 bits per heavy atom. The molecule has 618 valence electrons. The summed E-state index contributed by atoms with van der Waals surface area (Å²) in [6.45, 7) is 5.03. The van der Waals surface area contributed by atoms with E-state index in [0.717, 1.165) is 89.9 Å². The van der Waals surface area contributed by atoms with E-state index in [1.165, 1.54) is 295 Å². The van der Waals surface area contributed by atoms with Gasteiger partial charge in [-0.25, -0.2) is 9.13 Å². The first-order valence-corrected chi connectivity index (χ1v) is 47.3. The molecule has 19 heteroatoms. The molecule has 0 amide bonds. The van der Waals surface area contributed by atoms with E-state index in [-0.39, 0.29) is 25.7 Å². The lowest BCUT2D eigenvalue weighted by molar-refractivity contribution is -0.161. The van der Waals surface area contributed by atoms with Gasteiger partial charge in [-0.3, -0.25) is 37.3 Å². The zero-order chi connectivity index (χ0) is 76.0. The first-order chi connectivity index (χ1) is 50.7. The number of carbonyl (C=O) groups excluding carboxylic acids is 4. The highest BCUT2D eigenvalue weighted by molar-refractivity contribution is 7.47. The van der Waals surface area contributed by atoms with Crippen molar-refractivity contribution >= 4 is 39.5 Å². The molecule has 0 rings (SSSR count). The number of rotatable bonds is 86. The van der Waals surface area contributed by atoms with Crippen molar-refractivity contribution in [3.63, 3.8) is 0 Å². The molecular formula is C85H166O17P2. The predicted octanol–water partition coefficient (Wildman–Crippen LogP) is 26.1. The van der Waals surface area contributed by atoms with E-state index >= 15 is 0 Å². The van der Waals surface area contributed by atoms with E-state index in [0.29, 0.717) is 25.7 Å². The molecule has 0 aromatic heterocycles. The van der Waals surface area contributed by atoms with Crippen LogP contribution in [0.1, 0.15) is 464 Å². The minimum atomic E-state index is -4.96. The molecule has 2 unspecified atom stereocenters. The summed E-state index contributed by atoms with van der Waals surface area (Å²) in [6.07, 6.45) is 73.7. The van der Waals surface area contributed by atoms with Gasteiger partial charge in [-0.1, -0.05) is 413 Å². The maximum absolute atomic E-state index is 13.1. The van der Waals surface area contributed by atoms with Crippen molar-refractivity contribution in [2.45, 2.75) is 483 Å². The van der Waals surface area contributed by atoms with Crippen molar-refractivity contribution in [2.75, 3.05) is 39.6 Å². The Morgan fingerprint density at radius 2 is 0.385 bits per heavy atom. The van der Waals surface area contributed by atoms with E-state index in [2.05, 4.69) is 27.7 Å². The molecule has 0 bridgehead atoms. The Hall–Kier alpha value is -1.94. The fraction of sp³-hybridized carbons (Fsp3) is 0.953. The largest absolute Gasteiger partial charge is 0.472 e. The van der Waals surface area contributed by atoms with Gasteiger partial charge in [-0.15, -0.1) is 0 Å². The zero-order valence-electron chi connectivity index (χ0n) is 68.0. The number of phosphoric ester groups is 2. The molecule has 0 saturated heterocycles. The van der Waals surface area contributed by atoms with E-state index in [9.17, 15) is 43.2 Å². The third-order valence-electron chi connectivity index (χ3n) is 20.1. The fourth-order valence-corrected chi connectivity index (χ4v) is 14.9. The van der Waals surface area contributed by atoms with Gasteiger partial charge < -0.3 is 33.8 Å². The fourth-order valence-electron chi connectivity index (χ4n) is 13.3. The molecule has 0 saturated carbocycles. The van der Waals surface area contributed by atoms with Crippen LogP contribution in [0.3, 0.4) is 0 Å². The number of aliphatic hydroxyl groups is 1. The summed E-state index contributed by atoms with van der Waals surface area (Å²) in [6, 6.07) is 0. The zero-order valence-corrected chi connectivity index (χ0v) is 69.8. The summed E-state index contributed by atoms with van der Waals surface area (Å²) in [4.78, 5) is 73.1. The molecule has 0 aliphatic carbocycles. The normalized spacial score (nSPS) is 13.7. The number of aliphatic hydroxyl groups excluding tert-OH is 1. The highest BCUT2D eigenvalue weighted by Gasteiger charge is 2.30. The molecule has 0 aromatic rings. The molecule has 0 fully saturated rings. The molecule has 0 radical (unpaired) electrons. The van der Waals surface area contributed by atoms with Crippen molar-refractivity contribution in [2.24, 2.45) is 0 Å². The predicted molar refractivity (Wildman–Crippen MR) is 428 cm³/mol. The molecule has 0 aliphatic rings. The second-order valence-corrected chi connectivity index (χ2v) is 33.5. The van der Waals surface area contributed by atoms with Crippen LogP contribution in [0.5, 0.6) is 0 Å². The smallest absolute Gasteiger partial charge is 0.462 e. The van der Waals surface area contributed by atoms with Gasteiger partial charge in [0.1, 0.15) is 19.3 Å². The summed E-state index contributed by atoms with van der Waals surface area (Å²) < 4.78 is 68.8. The number of esters is 4. The summed E-state index contributed by atoms with van der Waals surface area (Å²) >= 11 is 0. The Morgan fingerprint density at radius 1 is 0.231 bits per heavy atom. The molecule has 5 atom stereocenters. The number of hydrogen-bond donors (Lipinski definition) is 3. The number of hydrogen-bond acceptors (Lipinski definition) is 15. The molecule has 0 heterocycles. The number of phosphoric acid groups is 2. The van der Waals surface area contributed by atoms with Gasteiger partial charge in [0, 0.05) is 25.7 Å². The molecule has 104 heavy (non-hydrogen) atoms. The lowest BCUT2D eigenvalue weighted by Gasteiger charge is -2.21. The van der Waals surface area contributed by atoms with Gasteiger partial charge in [0.25, 0.3) is 0 Å². The number of carbonyl (C=O) groups is 4. The second-order valence-electron chi connectivity index (χ2n) is 30.6. The van der Waals surface area contributed by atoms with Crippen LogP contribution in [0.2, 0.25) is 0 Å². The van der Waals surface area contributed by atoms with Crippen LogP contribution in [-0.4, -0.2) is 96.7 Å². The molecule has 0 spiro atoms. The van der Waals surface area contributed by atoms with Gasteiger partial charge >= 0.3 is 39.5 Å². The van der Waals surface area contributed by atoms with Crippen LogP contribution in [0.25, 0.3) is 0 Å². The summed E-state index contributed by atoms with van der Waals surface area (Å²) in [5.41, 5.74) is 0. The average molecular weight is 1520 g/mol. The first kappa shape index (κ1) is 102. The SMILES string of the molecule is CCCCCCCCCCCCCCCCCCCCCCCC(=O)OC[C@H](COP(=O)(O)OC[C@@H](O)COP(=O)(O)OC[C@@H](COC(=O)CCCCCCCCCCCC)OC(=O)CCCCCCCCCCCCCC)OC(=O)CCCCCCCCCCCCCCCCCCCCCCC. The third-order valence-corrected chi connectivity index (χ3v) is 22.0. The summed E-state index contributed by atoms with van der Waals surface area (Å²) in [5.74, 6) is -2.10. The lowest BCUT2D eigenvalue weighted by atomic mass is 10.0. The van der Waals surface area contributed by atoms with Gasteiger partial charge in [0.2, 0.25) is 0 Å². The molecular weight excluding hydrogens is 1350 g/mol. The van der Waals surface area contributed by atoms with Crippen LogP contribution in [-0.2, 0) is 65.4 Å². The summed E-state index contributed by atoms with van der Waals surface area (Å²) in [7, 11) is -9.92. The van der Waals surface area contributed by atoms with Crippen LogP contribution in [0.4, 0.5) is 0 Å². The van der Waals surface area contributed by atoms with Crippen molar-refractivity contribution in [1.29, 1.82) is 0 Å². The highest BCUT2D eigenvalue weighted by Crippen LogP contribution is 2.45. The van der Waals surface area contributed by atoms with Crippen molar-refractivity contribution in [1.82, 2.24) is 0 Å². The Balaban J connectivity index is 5.19. The monoisotopic (exact) mass is 1520 g/mol. The van der Waals surface area contributed by atoms with Crippen molar-refractivity contribution in [3.05, 3.63) is 0 Å². The topological polar surface area (TPSA) is 237 Å². The highest BCUT2D eigenvalue weighted by atomic mass is 31.2. The van der Waals surface area contributed by atoms with E-state index < -0.39 is 97.5 Å². The molecule has 17 nitrogen and oxygen atoms in total. The van der Waals surface area contributed by atoms with E-state index in [1.807, 2.05) is 0 Å². The van der Waals surface area contributed by atoms with Gasteiger partial charge in [-0.05, 0) is 25.7 Å². The Bertz CT molecular complexity index is 1960. The Kier molecular flexibility index (Phi) is 77.7. The number of ether oxygens (including phenoxy) is 4. The summed E-state index contributed by atoms with van der Waals surface area (Å²) in [5, 5.41) is 10.7. The van der Waals surface area contributed by atoms with Crippen LogP contribution in [0.15, 0.2) is 0 Å². The standard InChI is InChI=1S/C85H166O17P2/c1-5-9-13-17-21-25-29-32-34-36-38-40-42-44-46-48-51-54-58-62-66-70-83(88)96-76-81(102-85(90)72-68-64-60-56-52-49-47-45-43-41-39-37-35-33-30-26-22-18-14-10-6-2)78-100-104(93,94)98-74-79(86)73-97-103(91,92)99-77-80(75-95-82(87)69-65-61-57-53-28-24-20-16-12-8-4)101-84(89)71-67-63-59-55-50-31-27-23-19-15-11-7-3/h79-81,86H,5-78H2,1-4H3,(H,91,92)(H,93,94)/t79-,80+,81+/m0/s1. The molecule has 0 aliphatic heterocycles. The van der Waals surface area contributed by atoms with Gasteiger partial charge in [0.05, 0.1) is 26.4 Å². The lowest BCUT2D eigenvalue weighted by Crippen LogP contribution is -2.30. The second kappa shape index (κ2) is 79.2. The first-order valence-electron chi connectivity index (χ1n) is 44.3. The maximum atomic E-state index is 13.1. The quantitative estimate of drug-likeness (QED) is 0.0222. The molecule has 3 N–H and O–H groups in total. The Labute approximate surface area is 638 Å². The van der Waals surface area contributed by atoms with E-state index in [4.69, 9.17) is 37.0 Å². The van der Waals surface area contributed by atoms with Gasteiger partial charge in [0.15, 0.2) is 12.2 Å². The maximum Gasteiger partial charge on any atom is 0.472 e. The molecule has 0 aromatic carbocycles. The minimum Gasteiger partial charge on any atom is -0.462 e. The average Bonchev–Trinajstić information content (AvgIpc) is 0.907. The van der Waals surface area contributed by atoms with Crippen LogP contribution >= 0.6 is 15.6 Å². The van der Waals surface area contributed by atoms with Crippen LogP contribution < -0.4 is 0 Å². The van der Waals surface area contributed by atoms with Crippen molar-refractivity contribution in [3.8, 4) is 0 Å². The number of unbranched alkanes of at least 4 members (excludes halogenated alkanes) is 60. The minimum absolute atomic E-state index is 0.108. The third kappa shape index (κ3) is 78.2.